The van der Waals surface area contributed by atoms with Crippen molar-refractivity contribution in [2.45, 2.75) is 67.2 Å². The van der Waals surface area contributed by atoms with Gasteiger partial charge in [0.2, 0.25) is 0 Å². The summed E-state index contributed by atoms with van der Waals surface area (Å²) in [7, 11) is 0. The van der Waals surface area contributed by atoms with Crippen LogP contribution in [0.2, 0.25) is 0 Å². The lowest BCUT2D eigenvalue weighted by Gasteiger charge is -2.20. The maximum absolute atomic E-state index is 3.81. The van der Waals surface area contributed by atoms with Crippen molar-refractivity contribution < 1.29 is 0 Å². The van der Waals surface area contributed by atoms with Gasteiger partial charge in [-0.3, -0.25) is 0 Å². The minimum atomic E-state index is 0.228. The first kappa shape index (κ1) is 19.3. The van der Waals surface area contributed by atoms with E-state index in [1.54, 1.807) is 0 Å². The number of hydrogen-bond acceptors (Lipinski definition) is 0. The molecule has 0 amide bonds. The van der Waals surface area contributed by atoms with E-state index in [-0.39, 0.29) is 5.41 Å². The number of benzene rings is 1. The summed E-state index contributed by atoms with van der Waals surface area (Å²) in [5.74, 6) is 0. The van der Waals surface area contributed by atoms with Crippen molar-refractivity contribution >= 4 is 6.08 Å². The third kappa shape index (κ3) is 7.32. The molecule has 1 rings (SSSR count). The van der Waals surface area contributed by atoms with E-state index >= 15 is 0 Å². The second-order valence-corrected chi connectivity index (χ2v) is 5.23. The van der Waals surface area contributed by atoms with Crippen molar-refractivity contribution in [2.75, 3.05) is 0 Å². The molecular formula is C18H32. The minimum Gasteiger partial charge on any atom is -0.0985 e. The Hall–Kier alpha value is -1.04. The van der Waals surface area contributed by atoms with E-state index in [1.165, 1.54) is 23.1 Å². The van der Waals surface area contributed by atoms with Crippen LogP contribution in [-0.2, 0) is 5.41 Å². The quantitative estimate of drug-likeness (QED) is 0.541. The van der Waals surface area contributed by atoms with E-state index in [0.717, 1.165) is 0 Å². The van der Waals surface area contributed by atoms with Gasteiger partial charge < -0.3 is 0 Å². The highest BCUT2D eigenvalue weighted by atomic mass is 14.2. The number of hydrogen-bond donors (Lipinski definition) is 0. The molecular weight excluding hydrogens is 216 g/mol. The van der Waals surface area contributed by atoms with Gasteiger partial charge in [0.05, 0.1) is 0 Å². The van der Waals surface area contributed by atoms with E-state index in [2.05, 4.69) is 66.3 Å². The molecule has 0 heterocycles. The molecule has 104 valence electrons. The Labute approximate surface area is 115 Å². The van der Waals surface area contributed by atoms with Crippen LogP contribution in [0.1, 0.15) is 71.6 Å². The van der Waals surface area contributed by atoms with E-state index in [1.807, 2.05) is 19.9 Å². The molecule has 0 N–H and O–H groups in total. The Kier molecular flexibility index (Phi) is 10.7. The van der Waals surface area contributed by atoms with Crippen molar-refractivity contribution in [3.05, 3.63) is 41.5 Å². The summed E-state index contributed by atoms with van der Waals surface area (Å²) in [6.07, 6.45) is 3.17. The van der Waals surface area contributed by atoms with Crippen LogP contribution in [0.5, 0.6) is 0 Å². The largest absolute Gasteiger partial charge is 0.0985 e. The molecule has 1 aromatic carbocycles. The fourth-order valence-corrected chi connectivity index (χ4v) is 1.33. The molecule has 0 aromatic heterocycles. The van der Waals surface area contributed by atoms with Gasteiger partial charge in [-0.2, -0.15) is 0 Å². The van der Waals surface area contributed by atoms with E-state index in [4.69, 9.17) is 0 Å². The molecule has 0 aliphatic carbocycles. The standard InChI is InChI=1S/C13H18.C3H8.C2H6/c1-6-11-9-12(13(3,4)5)8-7-10(11)2;1-3-2;1-2/h6-9H,1H2,2-5H3;3H2,1-2H3;1-2H3. The van der Waals surface area contributed by atoms with Gasteiger partial charge in [0.25, 0.3) is 0 Å². The molecule has 0 aliphatic rings. The van der Waals surface area contributed by atoms with Crippen molar-refractivity contribution in [1.82, 2.24) is 0 Å². The van der Waals surface area contributed by atoms with Crippen molar-refractivity contribution in [2.24, 2.45) is 0 Å². The zero-order valence-electron chi connectivity index (χ0n) is 13.7. The van der Waals surface area contributed by atoms with Crippen LogP contribution in [0.25, 0.3) is 6.08 Å². The zero-order valence-corrected chi connectivity index (χ0v) is 13.7. The molecule has 0 spiro atoms. The lowest BCUT2D eigenvalue weighted by atomic mass is 9.85. The van der Waals surface area contributed by atoms with Gasteiger partial charge in [-0.25, -0.2) is 0 Å². The molecule has 0 nitrogen and oxygen atoms in total. The Morgan fingerprint density at radius 1 is 1.11 bits per heavy atom. The first-order valence-electron chi connectivity index (χ1n) is 7.10. The SMILES string of the molecule is C=Cc1cc(C(C)(C)C)ccc1C.CC.CCC. The molecule has 0 radical (unpaired) electrons. The molecule has 0 fully saturated rings. The third-order valence-electron chi connectivity index (χ3n) is 2.37. The molecule has 0 saturated carbocycles. The smallest absolute Gasteiger partial charge is 0.0132 e. The van der Waals surface area contributed by atoms with Crippen LogP contribution in [0.15, 0.2) is 24.8 Å². The van der Waals surface area contributed by atoms with Gasteiger partial charge in [-0.15, -0.1) is 0 Å². The molecule has 0 atom stereocenters. The van der Waals surface area contributed by atoms with Crippen LogP contribution in [-0.4, -0.2) is 0 Å². The summed E-state index contributed by atoms with van der Waals surface area (Å²) in [5, 5.41) is 0. The summed E-state index contributed by atoms with van der Waals surface area (Å²) in [6, 6.07) is 6.59. The van der Waals surface area contributed by atoms with Gasteiger partial charge in [0, 0.05) is 0 Å². The number of aryl methyl sites for hydroxylation is 1. The predicted molar refractivity (Wildman–Crippen MR) is 87.3 cm³/mol. The highest BCUT2D eigenvalue weighted by Crippen LogP contribution is 2.24. The van der Waals surface area contributed by atoms with E-state index in [0.29, 0.717) is 0 Å². The minimum absolute atomic E-state index is 0.228. The average molecular weight is 248 g/mol. The van der Waals surface area contributed by atoms with Gasteiger partial charge >= 0.3 is 0 Å². The van der Waals surface area contributed by atoms with Gasteiger partial charge in [-0.05, 0) is 29.0 Å². The Morgan fingerprint density at radius 2 is 1.56 bits per heavy atom. The van der Waals surface area contributed by atoms with Crippen LogP contribution < -0.4 is 0 Å². The molecule has 0 heteroatoms. The van der Waals surface area contributed by atoms with Gasteiger partial charge in [-0.1, -0.05) is 85.7 Å². The van der Waals surface area contributed by atoms with E-state index in [9.17, 15) is 0 Å². The van der Waals surface area contributed by atoms with Crippen LogP contribution in [0.3, 0.4) is 0 Å². The summed E-state index contributed by atoms with van der Waals surface area (Å²) >= 11 is 0. The maximum Gasteiger partial charge on any atom is -0.0132 e. The fraction of sp³-hybridized carbons (Fsp3) is 0.556. The maximum atomic E-state index is 3.81. The summed E-state index contributed by atoms with van der Waals surface area (Å²) in [6.45, 7) is 20.9. The monoisotopic (exact) mass is 248 g/mol. The molecule has 1 aromatic rings. The topological polar surface area (TPSA) is 0 Å². The first-order valence-corrected chi connectivity index (χ1v) is 7.10. The van der Waals surface area contributed by atoms with Crippen LogP contribution >= 0.6 is 0 Å². The Morgan fingerprint density at radius 3 is 1.89 bits per heavy atom. The molecule has 18 heavy (non-hydrogen) atoms. The highest BCUT2D eigenvalue weighted by Gasteiger charge is 2.13. The Balaban J connectivity index is 0. The molecule has 0 aliphatic heterocycles. The lowest BCUT2D eigenvalue weighted by molar-refractivity contribution is 0.590. The fourth-order valence-electron chi connectivity index (χ4n) is 1.33. The van der Waals surface area contributed by atoms with Crippen LogP contribution in [0, 0.1) is 6.92 Å². The third-order valence-corrected chi connectivity index (χ3v) is 2.37. The van der Waals surface area contributed by atoms with E-state index < -0.39 is 0 Å². The van der Waals surface area contributed by atoms with Crippen molar-refractivity contribution in [3.8, 4) is 0 Å². The van der Waals surface area contributed by atoms with Crippen LogP contribution in [0.4, 0.5) is 0 Å². The van der Waals surface area contributed by atoms with Gasteiger partial charge in [0.15, 0.2) is 0 Å². The normalized spacial score (nSPS) is 9.56. The lowest BCUT2D eigenvalue weighted by Crippen LogP contribution is -2.11. The summed E-state index contributed by atoms with van der Waals surface area (Å²) in [4.78, 5) is 0. The predicted octanol–water partition coefficient (Wildman–Crippen LogP) is 6.38. The van der Waals surface area contributed by atoms with Crippen molar-refractivity contribution in [3.63, 3.8) is 0 Å². The number of rotatable bonds is 1. The van der Waals surface area contributed by atoms with Gasteiger partial charge in [0.1, 0.15) is 0 Å². The first-order chi connectivity index (χ1) is 8.36. The molecule has 0 saturated heterocycles. The second kappa shape index (κ2) is 9.94. The zero-order chi connectivity index (χ0) is 14.8. The highest BCUT2D eigenvalue weighted by molar-refractivity contribution is 5.53. The average Bonchev–Trinajstić information content (AvgIpc) is 2.32. The molecule has 0 bridgehead atoms. The Bertz CT molecular complexity index is 326. The summed E-state index contributed by atoms with van der Waals surface area (Å²) in [5.41, 5.74) is 4.13. The summed E-state index contributed by atoms with van der Waals surface area (Å²) < 4.78 is 0. The molecule has 0 unspecified atom stereocenters. The van der Waals surface area contributed by atoms with Crippen molar-refractivity contribution in [1.29, 1.82) is 0 Å². The second-order valence-electron chi connectivity index (χ2n) is 5.23.